The number of anilines is 1. The molecule has 2 N–H and O–H groups in total. The second kappa shape index (κ2) is 10.5. The van der Waals surface area contributed by atoms with Gasteiger partial charge in [-0.15, -0.1) is 0 Å². The first-order valence-electron chi connectivity index (χ1n) is 14.5. The molecule has 0 spiro atoms. The molecule has 40 heavy (non-hydrogen) atoms. The first-order chi connectivity index (χ1) is 19.3. The van der Waals surface area contributed by atoms with Gasteiger partial charge in [0.15, 0.2) is 0 Å². The fourth-order valence-corrected chi connectivity index (χ4v) is 6.77. The summed E-state index contributed by atoms with van der Waals surface area (Å²) >= 11 is 0. The number of fused-ring (bicyclic) bond motifs is 3. The molecular weight excluding hydrogens is 498 g/mol. The zero-order valence-corrected chi connectivity index (χ0v) is 23.7. The molecule has 1 aromatic carbocycles. The molecule has 0 radical (unpaired) electrons. The lowest BCUT2D eigenvalue weighted by atomic mass is 9.74. The van der Waals surface area contributed by atoms with E-state index < -0.39 is 0 Å². The van der Waals surface area contributed by atoms with Gasteiger partial charge in [0, 0.05) is 52.9 Å². The molecule has 1 amide bonds. The van der Waals surface area contributed by atoms with Crippen LogP contribution in [0.5, 0.6) is 0 Å². The first kappa shape index (κ1) is 26.2. The van der Waals surface area contributed by atoms with Crippen molar-refractivity contribution in [3.63, 3.8) is 0 Å². The van der Waals surface area contributed by atoms with E-state index in [1.165, 1.54) is 18.6 Å². The Kier molecular flexibility index (Phi) is 6.91. The highest BCUT2D eigenvalue weighted by molar-refractivity contribution is 6.18. The Morgan fingerprint density at radius 2 is 1.82 bits per heavy atom. The molecule has 3 aliphatic rings. The van der Waals surface area contributed by atoms with Crippen LogP contribution < -0.4 is 10.6 Å². The van der Waals surface area contributed by atoms with Crippen molar-refractivity contribution in [2.75, 3.05) is 5.32 Å². The number of hydrogen-bond acceptors (Lipinski definition) is 6. The van der Waals surface area contributed by atoms with Crippen LogP contribution in [0.1, 0.15) is 70.9 Å². The van der Waals surface area contributed by atoms with Gasteiger partial charge in [0.05, 0.1) is 28.7 Å². The average molecular weight is 536 g/mol. The molecule has 3 heterocycles. The van der Waals surface area contributed by atoms with Gasteiger partial charge in [0.2, 0.25) is 5.91 Å². The molecular formula is C32H37N7O. The maximum Gasteiger partial charge on any atom is 0.222 e. The summed E-state index contributed by atoms with van der Waals surface area (Å²) in [6.07, 6.45) is 6.92. The Labute approximate surface area is 235 Å². The van der Waals surface area contributed by atoms with Gasteiger partial charge in [-0.2, -0.15) is 20.6 Å². The maximum atomic E-state index is 12.4. The summed E-state index contributed by atoms with van der Waals surface area (Å²) in [6, 6.07) is 15.0. The van der Waals surface area contributed by atoms with E-state index in [-0.39, 0.29) is 17.9 Å². The molecule has 8 nitrogen and oxygen atoms in total. The Morgan fingerprint density at radius 1 is 1.05 bits per heavy atom. The molecule has 2 aliphatic carbocycles. The summed E-state index contributed by atoms with van der Waals surface area (Å²) in [5.41, 5.74) is 7.76. The summed E-state index contributed by atoms with van der Waals surface area (Å²) in [4.78, 5) is 12.4. The second-order valence-corrected chi connectivity index (χ2v) is 12.2. The van der Waals surface area contributed by atoms with E-state index >= 15 is 0 Å². The van der Waals surface area contributed by atoms with Crippen molar-refractivity contribution >= 4 is 28.5 Å². The summed E-state index contributed by atoms with van der Waals surface area (Å²) in [5.74, 6) is 1.70. The molecule has 6 rings (SSSR count). The number of nitrogens with zero attached hydrogens (tertiary/aromatic N) is 5. The summed E-state index contributed by atoms with van der Waals surface area (Å²) < 4.78 is 1.87. The third-order valence-electron chi connectivity index (χ3n) is 8.75. The number of amides is 1. The van der Waals surface area contributed by atoms with Gasteiger partial charge in [0.25, 0.3) is 0 Å². The Balaban J connectivity index is 1.20. The van der Waals surface area contributed by atoms with Crippen molar-refractivity contribution in [1.29, 1.82) is 5.26 Å². The predicted octanol–water partition coefficient (Wildman–Crippen LogP) is 5.82. The standard InChI is InChI=1S/C32H37N7O/c1-18(2)32(40)36-31-22-5-6-23(31)13-24(12-22)27-15-29(38-37-27)26-9-7-21(14-28(26)35-19(3)4)30-10-8-25-11-20(16-33)17-34-39(25)30/h7-11,14,17-19,22-24,31,35H,5-6,12-13,15H2,1-4H3,(H,36,40)/t22-,23+,24?,31?. The van der Waals surface area contributed by atoms with Gasteiger partial charge in [-0.1, -0.05) is 26.0 Å². The molecule has 2 bridgehead atoms. The summed E-state index contributed by atoms with van der Waals surface area (Å²) in [5, 5.41) is 30.1. The highest BCUT2D eigenvalue weighted by atomic mass is 16.1. The fraction of sp³-hybridized carbons (Fsp3) is 0.469. The minimum atomic E-state index is 0.0245. The summed E-state index contributed by atoms with van der Waals surface area (Å²) in [7, 11) is 0. The normalized spacial score (nSPS) is 23.8. The van der Waals surface area contributed by atoms with E-state index in [4.69, 9.17) is 10.2 Å². The average Bonchev–Trinajstić information content (AvgIpc) is 3.64. The van der Waals surface area contributed by atoms with Crippen LogP contribution >= 0.6 is 0 Å². The minimum absolute atomic E-state index is 0.0245. The monoisotopic (exact) mass is 535 g/mol. The van der Waals surface area contributed by atoms with Crippen molar-refractivity contribution in [3.05, 3.63) is 53.7 Å². The molecule has 206 valence electrons. The van der Waals surface area contributed by atoms with Gasteiger partial charge in [0.1, 0.15) is 6.07 Å². The SMILES string of the molecule is CC(C)Nc1cc(-c2ccc3cc(C#N)cnn23)ccc1C1=NN=C(C2C[C@H]3CC[C@@H](C2)C3NC(=O)C(C)C)C1. The van der Waals surface area contributed by atoms with Crippen molar-refractivity contribution in [2.45, 2.75) is 71.9 Å². The predicted molar refractivity (Wildman–Crippen MR) is 158 cm³/mol. The minimum Gasteiger partial charge on any atom is -0.382 e. The van der Waals surface area contributed by atoms with Crippen LogP contribution in [-0.2, 0) is 4.79 Å². The molecule has 4 atom stereocenters. The molecule has 2 saturated carbocycles. The number of aromatic nitrogens is 2. The van der Waals surface area contributed by atoms with Crippen LogP contribution in [0, 0.1) is 35.0 Å². The largest absolute Gasteiger partial charge is 0.382 e. The molecule has 2 aromatic heterocycles. The molecule has 0 saturated heterocycles. The van der Waals surface area contributed by atoms with Crippen LogP contribution in [0.15, 0.2) is 52.8 Å². The van der Waals surface area contributed by atoms with Crippen LogP contribution in [0.2, 0.25) is 0 Å². The topological polar surface area (TPSA) is 107 Å². The van der Waals surface area contributed by atoms with Gasteiger partial charge >= 0.3 is 0 Å². The van der Waals surface area contributed by atoms with E-state index in [2.05, 4.69) is 53.8 Å². The van der Waals surface area contributed by atoms with Gasteiger partial charge in [-0.25, -0.2) is 4.52 Å². The zero-order valence-electron chi connectivity index (χ0n) is 23.7. The number of rotatable bonds is 7. The van der Waals surface area contributed by atoms with Crippen molar-refractivity contribution in [1.82, 2.24) is 14.9 Å². The van der Waals surface area contributed by atoms with E-state index in [0.29, 0.717) is 29.4 Å². The van der Waals surface area contributed by atoms with Crippen LogP contribution in [0.3, 0.4) is 0 Å². The van der Waals surface area contributed by atoms with Crippen LogP contribution in [0.25, 0.3) is 16.8 Å². The lowest BCUT2D eigenvalue weighted by molar-refractivity contribution is -0.125. The van der Waals surface area contributed by atoms with Gasteiger partial charge < -0.3 is 10.6 Å². The molecule has 3 aromatic rings. The number of carbonyl (C=O) groups is 1. The lowest BCUT2D eigenvalue weighted by Crippen LogP contribution is -2.47. The number of hydrogen-bond donors (Lipinski definition) is 2. The number of nitriles is 1. The number of benzene rings is 1. The van der Waals surface area contributed by atoms with Crippen molar-refractivity contribution < 1.29 is 4.79 Å². The van der Waals surface area contributed by atoms with E-state index in [9.17, 15) is 10.1 Å². The maximum absolute atomic E-state index is 12.4. The molecule has 2 unspecified atom stereocenters. The fourth-order valence-electron chi connectivity index (χ4n) is 6.77. The summed E-state index contributed by atoms with van der Waals surface area (Å²) in [6.45, 7) is 8.21. The van der Waals surface area contributed by atoms with Gasteiger partial charge in [-0.3, -0.25) is 4.79 Å². The highest BCUT2D eigenvalue weighted by Crippen LogP contribution is 2.46. The lowest BCUT2D eigenvalue weighted by Gasteiger charge is -2.36. The molecule has 1 aliphatic heterocycles. The second-order valence-electron chi connectivity index (χ2n) is 12.2. The first-order valence-corrected chi connectivity index (χ1v) is 14.5. The molecule has 2 fully saturated rings. The Morgan fingerprint density at radius 3 is 2.52 bits per heavy atom. The third kappa shape index (κ3) is 4.90. The van der Waals surface area contributed by atoms with E-state index in [1.807, 2.05) is 36.6 Å². The van der Waals surface area contributed by atoms with Crippen molar-refractivity contribution in [2.24, 2.45) is 33.9 Å². The molecule has 8 heteroatoms. The third-order valence-corrected chi connectivity index (χ3v) is 8.75. The highest BCUT2D eigenvalue weighted by Gasteiger charge is 2.45. The van der Waals surface area contributed by atoms with Gasteiger partial charge in [-0.05, 0) is 75.6 Å². The van der Waals surface area contributed by atoms with Crippen LogP contribution in [0.4, 0.5) is 5.69 Å². The zero-order chi connectivity index (χ0) is 28.0. The van der Waals surface area contributed by atoms with E-state index in [0.717, 1.165) is 53.0 Å². The Bertz CT molecular complexity index is 1540. The number of carbonyl (C=O) groups excluding carboxylic acids is 1. The van der Waals surface area contributed by atoms with E-state index in [1.54, 1.807) is 6.20 Å². The van der Waals surface area contributed by atoms with Crippen LogP contribution in [-0.4, -0.2) is 39.0 Å². The number of nitrogens with one attached hydrogen (secondary N) is 2. The quantitative estimate of drug-likeness (QED) is 0.398. The smallest absolute Gasteiger partial charge is 0.222 e. The Hall–Kier alpha value is -3.99. The van der Waals surface area contributed by atoms with Crippen molar-refractivity contribution in [3.8, 4) is 17.3 Å².